The molecule has 1 fully saturated rings. The molecule has 5 nitrogen and oxygen atoms in total. The first kappa shape index (κ1) is 19.3. The van der Waals surface area contributed by atoms with E-state index in [0.717, 1.165) is 24.4 Å². The van der Waals surface area contributed by atoms with Gasteiger partial charge in [-0.3, -0.25) is 4.79 Å². The Labute approximate surface area is 153 Å². The van der Waals surface area contributed by atoms with Crippen LogP contribution in [0.5, 0.6) is 0 Å². The molecule has 0 unspecified atom stereocenters. The molecule has 0 radical (unpaired) electrons. The third-order valence-corrected chi connectivity index (χ3v) is 4.97. The van der Waals surface area contributed by atoms with E-state index in [1.807, 2.05) is 0 Å². The Bertz CT molecular complexity index is 802. The van der Waals surface area contributed by atoms with E-state index in [1.54, 1.807) is 0 Å². The van der Waals surface area contributed by atoms with Crippen LogP contribution in [0.15, 0.2) is 30.5 Å². The minimum atomic E-state index is -2.88. The van der Waals surface area contributed by atoms with Gasteiger partial charge in [-0.05, 0) is 55.0 Å². The van der Waals surface area contributed by atoms with Crippen LogP contribution in [0, 0.1) is 17.6 Å². The zero-order chi connectivity index (χ0) is 19.6. The summed E-state index contributed by atoms with van der Waals surface area (Å²) in [5, 5.41) is 3.47. The van der Waals surface area contributed by atoms with Gasteiger partial charge in [0.15, 0.2) is 0 Å². The molecule has 146 valence electrons. The van der Waals surface area contributed by atoms with Crippen LogP contribution in [0.2, 0.25) is 0 Å². The Morgan fingerprint density at radius 1 is 1.22 bits per heavy atom. The van der Waals surface area contributed by atoms with Crippen LogP contribution in [-0.2, 0) is 6.42 Å². The molecule has 1 saturated heterocycles. The number of benzene rings is 1. The second kappa shape index (κ2) is 8.08. The summed E-state index contributed by atoms with van der Waals surface area (Å²) in [6.45, 7) is -2.17. The number of carbonyl (C=O) groups is 1. The number of likely N-dealkylation sites (tertiary alicyclic amines) is 1. The first-order valence-electron chi connectivity index (χ1n) is 8.67. The molecule has 0 aliphatic carbocycles. The summed E-state index contributed by atoms with van der Waals surface area (Å²) in [6, 6.07) is 4.15. The van der Waals surface area contributed by atoms with Crippen LogP contribution >= 0.6 is 0 Å². The van der Waals surface area contributed by atoms with Crippen molar-refractivity contribution in [3.05, 3.63) is 53.4 Å². The van der Waals surface area contributed by atoms with Gasteiger partial charge in [0.2, 0.25) is 0 Å². The van der Waals surface area contributed by atoms with E-state index in [1.165, 1.54) is 11.0 Å². The smallest absolute Gasteiger partial charge is 0.333 e. The Balaban J connectivity index is 1.59. The Kier molecular flexibility index (Phi) is 5.79. The maximum absolute atomic E-state index is 13.8. The van der Waals surface area contributed by atoms with Crippen molar-refractivity contribution >= 4 is 5.91 Å². The largest absolute Gasteiger partial charge is 0.337 e. The lowest BCUT2D eigenvalue weighted by molar-refractivity contribution is 0.0440. The van der Waals surface area contributed by atoms with Crippen molar-refractivity contribution in [2.45, 2.75) is 31.9 Å². The number of amides is 1. The SMILES string of the molecule is N[C@H](Cc1cc(F)ccc1F)C1CCN(C(=O)c2ccnn2C(F)F)CC1. The highest BCUT2D eigenvalue weighted by atomic mass is 19.3. The number of alkyl halides is 2. The number of nitrogens with two attached hydrogens (primary N) is 1. The fourth-order valence-electron chi connectivity index (χ4n) is 3.45. The van der Waals surface area contributed by atoms with E-state index in [-0.39, 0.29) is 29.6 Å². The van der Waals surface area contributed by atoms with Gasteiger partial charge in [-0.25, -0.2) is 8.78 Å². The quantitative estimate of drug-likeness (QED) is 0.806. The van der Waals surface area contributed by atoms with E-state index in [9.17, 15) is 22.4 Å². The van der Waals surface area contributed by atoms with Crippen LogP contribution in [-0.4, -0.2) is 39.7 Å². The lowest BCUT2D eigenvalue weighted by Crippen LogP contribution is -2.44. The molecular formula is C18H20F4N4O. The molecule has 2 N–H and O–H groups in total. The monoisotopic (exact) mass is 384 g/mol. The Hall–Kier alpha value is -2.42. The second-order valence-corrected chi connectivity index (χ2v) is 6.67. The molecule has 3 rings (SSSR count). The molecular weight excluding hydrogens is 364 g/mol. The third-order valence-electron chi connectivity index (χ3n) is 4.97. The zero-order valence-corrected chi connectivity index (χ0v) is 14.5. The summed E-state index contributed by atoms with van der Waals surface area (Å²) in [5.41, 5.74) is 6.24. The Morgan fingerprint density at radius 3 is 2.59 bits per heavy atom. The molecule has 1 aromatic heterocycles. The lowest BCUT2D eigenvalue weighted by Gasteiger charge is -2.35. The van der Waals surface area contributed by atoms with E-state index < -0.39 is 24.1 Å². The van der Waals surface area contributed by atoms with E-state index in [4.69, 9.17) is 5.73 Å². The number of carbonyl (C=O) groups excluding carboxylic acids is 1. The van der Waals surface area contributed by atoms with Crippen LogP contribution < -0.4 is 5.73 Å². The van der Waals surface area contributed by atoms with Crippen LogP contribution in [0.25, 0.3) is 0 Å². The predicted molar refractivity (Wildman–Crippen MR) is 90.1 cm³/mol. The number of piperidine rings is 1. The first-order chi connectivity index (χ1) is 12.9. The minimum absolute atomic E-state index is 0.0247. The van der Waals surface area contributed by atoms with E-state index >= 15 is 0 Å². The highest BCUT2D eigenvalue weighted by molar-refractivity contribution is 5.92. The zero-order valence-electron chi connectivity index (χ0n) is 14.5. The van der Waals surface area contributed by atoms with Crippen molar-refractivity contribution in [2.75, 3.05) is 13.1 Å². The van der Waals surface area contributed by atoms with Crippen LogP contribution in [0.4, 0.5) is 17.6 Å². The predicted octanol–water partition coefficient (Wildman–Crippen LogP) is 2.98. The molecule has 2 heterocycles. The highest BCUT2D eigenvalue weighted by Gasteiger charge is 2.30. The fraction of sp³-hybridized carbons (Fsp3) is 0.444. The van der Waals surface area contributed by atoms with Gasteiger partial charge in [-0.1, -0.05) is 0 Å². The Morgan fingerprint density at radius 2 is 1.93 bits per heavy atom. The highest BCUT2D eigenvalue weighted by Crippen LogP contribution is 2.24. The van der Waals surface area contributed by atoms with Gasteiger partial charge in [-0.2, -0.15) is 18.6 Å². The van der Waals surface area contributed by atoms with Gasteiger partial charge in [-0.15, -0.1) is 0 Å². The van der Waals surface area contributed by atoms with Gasteiger partial charge in [0.05, 0.1) is 0 Å². The van der Waals surface area contributed by atoms with Crippen molar-refractivity contribution in [1.29, 1.82) is 0 Å². The molecule has 0 bridgehead atoms. The molecule has 27 heavy (non-hydrogen) atoms. The summed E-state index contributed by atoms with van der Waals surface area (Å²) in [4.78, 5) is 13.9. The molecule has 0 spiro atoms. The van der Waals surface area contributed by atoms with E-state index in [2.05, 4.69) is 5.10 Å². The molecule has 1 aliphatic heterocycles. The third kappa shape index (κ3) is 4.29. The number of hydrogen-bond donors (Lipinski definition) is 1. The molecule has 9 heteroatoms. The van der Waals surface area contributed by atoms with Crippen LogP contribution in [0.1, 0.15) is 35.4 Å². The van der Waals surface area contributed by atoms with Crippen molar-refractivity contribution in [3.8, 4) is 0 Å². The maximum Gasteiger partial charge on any atom is 0.333 e. The average molecular weight is 384 g/mol. The van der Waals surface area contributed by atoms with Crippen molar-refractivity contribution in [1.82, 2.24) is 14.7 Å². The van der Waals surface area contributed by atoms with Crippen molar-refractivity contribution < 1.29 is 22.4 Å². The summed E-state index contributed by atoms with van der Waals surface area (Å²) in [7, 11) is 0. The average Bonchev–Trinajstić information content (AvgIpc) is 3.14. The van der Waals surface area contributed by atoms with E-state index in [0.29, 0.717) is 30.6 Å². The normalized spacial score (nSPS) is 16.7. The summed E-state index contributed by atoms with van der Waals surface area (Å²) >= 11 is 0. The fourth-order valence-corrected chi connectivity index (χ4v) is 3.45. The van der Waals surface area contributed by atoms with Crippen molar-refractivity contribution in [2.24, 2.45) is 11.7 Å². The summed E-state index contributed by atoms with van der Waals surface area (Å²) in [6.07, 6.45) is 2.48. The van der Waals surface area contributed by atoms with Gasteiger partial charge >= 0.3 is 6.55 Å². The summed E-state index contributed by atoms with van der Waals surface area (Å²) in [5.74, 6) is -1.50. The molecule has 1 amide bonds. The molecule has 1 aliphatic rings. The number of rotatable bonds is 5. The minimum Gasteiger partial charge on any atom is -0.337 e. The number of halogens is 4. The van der Waals surface area contributed by atoms with Gasteiger partial charge in [0, 0.05) is 25.3 Å². The van der Waals surface area contributed by atoms with Gasteiger partial charge < -0.3 is 10.6 Å². The standard InChI is InChI=1S/C18H20F4N4O/c19-13-1-2-14(20)12(9-13)10-15(23)11-4-7-25(8-5-11)17(27)16-3-6-24-26(16)18(21)22/h1-3,6,9,11,15,18H,4-5,7-8,10,23H2/t15-/m1/s1. The number of nitrogens with zero attached hydrogens (tertiary/aromatic N) is 3. The van der Waals surface area contributed by atoms with Crippen LogP contribution in [0.3, 0.4) is 0 Å². The second-order valence-electron chi connectivity index (χ2n) is 6.67. The number of aromatic nitrogens is 2. The molecule has 0 saturated carbocycles. The van der Waals surface area contributed by atoms with Crippen molar-refractivity contribution in [3.63, 3.8) is 0 Å². The van der Waals surface area contributed by atoms with Gasteiger partial charge in [0.1, 0.15) is 17.3 Å². The first-order valence-corrected chi connectivity index (χ1v) is 8.67. The maximum atomic E-state index is 13.8. The van der Waals surface area contributed by atoms with Gasteiger partial charge in [0.25, 0.3) is 5.91 Å². The molecule has 1 atom stereocenters. The lowest BCUT2D eigenvalue weighted by atomic mass is 9.86. The topological polar surface area (TPSA) is 64.2 Å². The molecule has 1 aromatic carbocycles. The summed E-state index contributed by atoms with van der Waals surface area (Å²) < 4.78 is 53.2. The number of hydrogen-bond acceptors (Lipinski definition) is 3. The molecule has 2 aromatic rings.